The van der Waals surface area contributed by atoms with Crippen molar-refractivity contribution in [3.63, 3.8) is 0 Å². The fourth-order valence-corrected chi connectivity index (χ4v) is 2.27. The Morgan fingerprint density at radius 1 is 0.905 bits per heavy atom. The molecule has 0 amide bonds. The molecule has 1 N–H and O–H groups in total. The predicted octanol–water partition coefficient (Wildman–Crippen LogP) is 5.45. The maximum Gasteiger partial charge on any atom is 0.169 e. The van der Waals surface area contributed by atoms with Crippen molar-refractivity contribution in [2.45, 2.75) is 6.54 Å². The maximum absolute atomic E-state index is 5.80. The zero-order valence-corrected chi connectivity index (χ0v) is 12.8. The number of hydrogen-bond donors (Lipinski definition) is 1. The van der Waals surface area contributed by atoms with Gasteiger partial charge in [-0.2, -0.15) is 0 Å². The van der Waals surface area contributed by atoms with Gasteiger partial charge in [-0.15, -0.1) is 0 Å². The molecule has 0 aliphatic rings. The summed E-state index contributed by atoms with van der Waals surface area (Å²) in [5, 5.41) is 3.31. The lowest BCUT2D eigenvalue weighted by Gasteiger charge is -2.08. The van der Waals surface area contributed by atoms with Crippen molar-refractivity contribution in [1.29, 1.82) is 0 Å². The molecular weight excluding hydrogens is 330 g/mol. The molecule has 21 heavy (non-hydrogen) atoms. The largest absolute Gasteiger partial charge is 0.457 e. The van der Waals surface area contributed by atoms with Crippen molar-refractivity contribution in [2.75, 3.05) is 5.32 Å². The third-order valence-corrected chi connectivity index (χ3v) is 3.33. The van der Waals surface area contributed by atoms with Gasteiger partial charge in [0.05, 0.1) is 6.54 Å². The first-order valence-corrected chi connectivity index (χ1v) is 7.40. The molecule has 2 aromatic carbocycles. The van der Waals surface area contributed by atoms with E-state index in [1.165, 1.54) is 0 Å². The van der Waals surface area contributed by atoms with Gasteiger partial charge in [-0.1, -0.05) is 24.3 Å². The number of anilines is 1. The fourth-order valence-electron chi connectivity index (χ4n) is 1.93. The first-order chi connectivity index (χ1) is 10.3. The number of benzene rings is 2. The number of para-hydroxylation sites is 1. The molecular formula is C17H14BrNO2. The van der Waals surface area contributed by atoms with Gasteiger partial charge in [0.2, 0.25) is 0 Å². The number of furan rings is 1. The molecule has 0 aliphatic heterocycles. The summed E-state index contributed by atoms with van der Waals surface area (Å²) in [6.45, 7) is 0.625. The summed E-state index contributed by atoms with van der Waals surface area (Å²) in [4.78, 5) is 0. The van der Waals surface area contributed by atoms with E-state index in [1.54, 1.807) is 0 Å². The fraction of sp³-hybridized carbons (Fsp3) is 0.0588. The van der Waals surface area contributed by atoms with Crippen LogP contribution in [0.3, 0.4) is 0 Å². The van der Waals surface area contributed by atoms with Crippen molar-refractivity contribution < 1.29 is 9.15 Å². The van der Waals surface area contributed by atoms with Crippen LogP contribution in [0.15, 0.2) is 75.8 Å². The van der Waals surface area contributed by atoms with Crippen LogP contribution in [0.25, 0.3) is 0 Å². The van der Waals surface area contributed by atoms with Crippen LogP contribution in [0.5, 0.6) is 11.5 Å². The molecule has 3 nitrogen and oxygen atoms in total. The smallest absolute Gasteiger partial charge is 0.169 e. The summed E-state index contributed by atoms with van der Waals surface area (Å²) in [7, 11) is 0. The van der Waals surface area contributed by atoms with Gasteiger partial charge in [0.1, 0.15) is 17.3 Å². The van der Waals surface area contributed by atoms with Crippen molar-refractivity contribution in [1.82, 2.24) is 0 Å². The number of nitrogens with one attached hydrogen (secondary N) is 1. The standard InChI is InChI=1S/C17H14BrNO2/c18-17-10-9-16(21-17)12-19-13-5-4-8-15(11-13)20-14-6-2-1-3-7-14/h1-11,19H,12H2. The Morgan fingerprint density at radius 3 is 2.48 bits per heavy atom. The summed E-state index contributed by atoms with van der Waals surface area (Å²) in [6, 6.07) is 21.4. The van der Waals surface area contributed by atoms with E-state index in [4.69, 9.17) is 9.15 Å². The summed E-state index contributed by atoms with van der Waals surface area (Å²) in [5.41, 5.74) is 0.982. The summed E-state index contributed by atoms with van der Waals surface area (Å²) in [6.07, 6.45) is 0. The van der Waals surface area contributed by atoms with Crippen LogP contribution < -0.4 is 10.1 Å². The second-order valence-electron chi connectivity index (χ2n) is 4.50. The first kappa shape index (κ1) is 13.8. The van der Waals surface area contributed by atoms with E-state index in [1.807, 2.05) is 66.7 Å². The second-order valence-corrected chi connectivity index (χ2v) is 5.28. The predicted molar refractivity (Wildman–Crippen MR) is 86.7 cm³/mol. The quantitative estimate of drug-likeness (QED) is 0.669. The van der Waals surface area contributed by atoms with Crippen LogP contribution in [-0.4, -0.2) is 0 Å². The summed E-state index contributed by atoms with van der Waals surface area (Å²) in [5.74, 6) is 2.49. The zero-order chi connectivity index (χ0) is 14.5. The van der Waals surface area contributed by atoms with E-state index < -0.39 is 0 Å². The first-order valence-electron chi connectivity index (χ1n) is 6.61. The highest BCUT2D eigenvalue weighted by atomic mass is 79.9. The molecule has 1 aromatic heterocycles. The molecule has 0 spiro atoms. The van der Waals surface area contributed by atoms with Gasteiger partial charge in [-0.05, 0) is 52.3 Å². The lowest BCUT2D eigenvalue weighted by Crippen LogP contribution is -1.98. The van der Waals surface area contributed by atoms with Crippen LogP contribution in [0.2, 0.25) is 0 Å². The van der Waals surface area contributed by atoms with Crippen LogP contribution >= 0.6 is 15.9 Å². The maximum atomic E-state index is 5.80. The monoisotopic (exact) mass is 343 g/mol. The molecule has 0 saturated heterocycles. The van der Waals surface area contributed by atoms with E-state index in [9.17, 15) is 0 Å². The van der Waals surface area contributed by atoms with Crippen molar-refractivity contribution in [3.05, 3.63) is 77.2 Å². The number of hydrogen-bond acceptors (Lipinski definition) is 3. The molecule has 106 valence electrons. The Bertz CT molecular complexity index is 710. The van der Waals surface area contributed by atoms with E-state index in [0.29, 0.717) is 6.54 Å². The molecule has 3 aromatic rings. The molecule has 0 unspecified atom stereocenters. The lowest BCUT2D eigenvalue weighted by molar-refractivity contribution is 0.482. The van der Waals surface area contributed by atoms with E-state index >= 15 is 0 Å². The SMILES string of the molecule is Brc1ccc(CNc2cccc(Oc3ccccc3)c2)o1. The van der Waals surface area contributed by atoms with E-state index in [2.05, 4.69) is 21.2 Å². The van der Waals surface area contributed by atoms with Crippen LogP contribution in [0.4, 0.5) is 5.69 Å². The van der Waals surface area contributed by atoms with Gasteiger partial charge in [0, 0.05) is 11.8 Å². The van der Waals surface area contributed by atoms with Crippen molar-refractivity contribution in [3.8, 4) is 11.5 Å². The van der Waals surface area contributed by atoms with Gasteiger partial charge in [-0.25, -0.2) is 0 Å². The van der Waals surface area contributed by atoms with Gasteiger partial charge in [-0.3, -0.25) is 0 Å². The Labute approximate surface area is 131 Å². The van der Waals surface area contributed by atoms with Gasteiger partial charge >= 0.3 is 0 Å². The Hall–Kier alpha value is -2.20. The molecule has 0 atom stereocenters. The van der Waals surface area contributed by atoms with Crippen molar-refractivity contribution in [2.24, 2.45) is 0 Å². The molecule has 4 heteroatoms. The lowest BCUT2D eigenvalue weighted by atomic mass is 10.3. The second kappa shape index (κ2) is 6.50. The molecule has 0 bridgehead atoms. The van der Waals surface area contributed by atoms with Crippen LogP contribution in [0.1, 0.15) is 5.76 Å². The average Bonchev–Trinajstić information content (AvgIpc) is 2.92. The van der Waals surface area contributed by atoms with Crippen LogP contribution in [0, 0.1) is 0 Å². The van der Waals surface area contributed by atoms with Crippen LogP contribution in [-0.2, 0) is 6.54 Å². The third-order valence-electron chi connectivity index (χ3n) is 2.91. The number of halogens is 1. The highest BCUT2D eigenvalue weighted by Gasteiger charge is 2.01. The Morgan fingerprint density at radius 2 is 1.71 bits per heavy atom. The molecule has 0 aliphatic carbocycles. The summed E-state index contributed by atoms with van der Waals surface area (Å²) >= 11 is 3.29. The molecule has 3 rings (SSSR count). The zero-order valence-electron chi connectivity index (χ0n) is 11.3. The molecule has 1 heterocycles. The van der Waals surface area contributed by atoms with Crippen molar-refractivity contribution >= 4 is 21.6 Å². The number of rotatable bonds is 5. The minimum absolute atomic E-state index is 0.625. The highest BCUT2D eigenvalue weighted by Crippen LogP contribution is 2.24. The molecule has 0 radical (unpaired) electrons. The van der Waals surface area contributed by atoms with E-state index in [-0.39, 0.29) is 0 Å². The topological polar surface area (TPSA) is 34.4 Å². The van der Waals surface area contributed by atoms with Gasteiger partial charge < -0.3 is 14.5 Å². The minimum atomic E-state index is 0.625. The molecule has 0 fully saturated rings. The normalized spacial score (nSPS) is 10.3. The highest BCUT2D eigenvalue weighted by molar-refractivity contribution is 9.10. The minimum Gasteiger partial charge on any atom is -0.457 e. The Balaban J connectivity index is 1.65. The Kier molecular flexibility index (Phi) is 4.26. The van der Waals surface area contributed by atoms with Gasteiger partial charge in [0.15, 0.2) is 4.67 Å². The van der Waals surface area contributed by atoms with E-state index in [0.717, 1.165) is 27.6 Å². The third kappa shape index (κ3) is 3.89. The van der Waals surface area contributed by atoms with Gasteiger partial charge in [0.25, 0.3) is 0 Å². The number of ether oxygens (including phenoxy) is 1. The molecule has 0 saturated carbocycles. The average molecular weight is 344 g/mol. The summed E-state index contributed by atoms with van der Waals surface area (Å²) < 4.78 is 12.0.